The molecule has 0 spiro atoms. The maximum Gasteiger partial charge on any atom is 0.298 e. The minimum Gasteiger partial charge on any atom is -0.497 e. The van der Waals surface area contributed by atoms with Gasteiger partial charge in [-0.15, -0.1) is 0 Å². The van der Waals surface area contributed by atoms with E-state index in [1.54, 1.807) is 30.3 Å². The van der Waals surface area contributed by atoms with Crippen molar-refractivity contribution in [3.8, 4) is 11.4 Å². The van der Waals surface area contributed by atoms with Gasteiger partial charge < -0.3 is 10.1 Å². The summed E-state index contributed by atoms with van der Waals surface area (Å²) in [5.41, 5.74) is 0.0929. The first-order valence-corrected chi connectivity index (χ1v) is 7.37. The van der Waals surface area contributed by atoms with Crippen LogP contribution in [-0.4, -0.2) is 22.6 Å². The molecule has 3 rings (SSSR count). The Balaban J connectivity index is 1.92. The number of carbonyl (C=O) groups is 1. The van der Waals surface area contributed by atoms with Gasteiger partial charge in [0.25, 0.3) is 11.5 Å². The second-order valence-electron chi connectivity index (χ2n) is 5.12. The van der Waals surface area contributed by atoms with Crippen molar-refractivity contribution >= 4 is 11.7 Å². The number of hydrogen-bond donors (Lipinski definition) is 1. The maximum absolute atomic E-state index is 13.4. The van der Waals surface area contributed by atoms with Gasteiger partial charge in [0.2, 0.25) is 0 Å². The molecule has 0 aliphatic carbocycles. The first-order valence-electron chi connectivity index (χ1n) is 7.37. The van der Waals surface area contributed by atoms with Gasteiger partial charge >= 0.3 is 0 Å². The molecule has 0 saturated carbocycles. The highest BCUT2D eigenvalue weighted by atomic mass is 19.1. The highest BCUT2D eigenvalue weighted by Gasteiger charge is 2.12. The smallest absolute Gasteiger partial charge is 0.298 e. The molecular formula is C18H14FN3O3. The minimum atomic E-state index is -0.565. The average molecular weight is 339 g/mol. The van der Waals surface area contributed by atoms with Crippen LogP contribution in [0.2, 0.25) is 0 Å². The van der Waals surface area contributed by atoms with E-state index in [2.05, 4.69) is 10.3 Å². The zero-order chi connectivity index (χ0) is 17.8. The molecule has 7 heteroatoms. The number of amides is 1. The van der Waals surface area contributed by atoms with E-state index < -0.39 is 17.3 Å². The Morgan fingerprint density at radius 1 is 1.20 bits per heavy atom. The zero-order valence-corrected chi connectivity index (χ0v) is 13.3. The van der Waals surface area contributed by atoms with Gasteiger partial charge in [-0.3, -0.25) is 14.2 Å². The van der Waals surface area contributed by atoms with Crippen LogP contribution >= 0.6 is 0 Å². The summed E-state index contributed by atoms with van der Waals surface area (Å²) in [5.74, 6) is -0.603. The van der Waals surface area contributed by atoms with Crippen LogP contribution in [0.5, 0.6) is 5.75 Å². The fraction of sp³-hybridized carbons (Fsp3) is 0.0556. The van der Waals surface area contributed by atoms with E-state index in [0.29, 0.717) is 17.0 Å². The predicted octanol–water partition coefficient (Wildman–Crippen LogP) is 2.63. The molecule has 0 bridgehead atoms. The van der Waals surface area contributed by atoms with Crippen molar-refractivity contribution < 1.29 is 13.9 Å². The summed E-state index contributed by atoms with van der Waals surface area (Å²) in [5, 5.41) is 2.47. The molecule has 1 amide bonds. The number of carbonyl (C=O) groups excluding carboxylic acids is 1. The van der Waals surface area contributed by atoms with Gasteiger partial charge in [-0.05, 0) is 36.4 Å². The standard InChI is InChI=1S/C18H14FN3O3/c1-25-15-7-2-4-12(10-15)17(23)21-16-18(24)22(9-8-20-16)14-6-3-5-13(19)11-14/h2-11H,1H3,(H,20,21,23). The van der Waals surface area contributed by atoms with Crippen LogP contribution in [0, 0.1) is 5.82 Å². The van der Waals surface area contributed by atoms with Gasteiger partial charge in [0.1, 0.15) is 11.6 Å². The third-order valence-electron chi connectivity index (χ3n) is 3.49. The number of rotatable bonds is 4. The Hall–Kier alpha value is -3.48. The summed E-state index contributed by atoms with van der Waals surface area (Å²) < 4.78 is 19.7. The molecule has 2 aromatic carbocycles. The number of anilines is 1. The third kappa shape index (κ3) is 3.55. The molecule has 0 aliphatic rings. The van der Waals surface area contributed by atoms with E-state index >= 15 is 0 Å². The van der Waals surface area contributed by atoms with Crippen molar-refractivity contribution in [1.29, 1.82) is 0 Å². The highest BCUT2D eigenvalue weighted by molar-refractivity contribution is 6.03. The lowest BCUT2D eigenvalue weighted by atomic mass is 10.2. The van der Waals surface area contributed by atoms with Crippen LogP contribution < -0.4 is 15.6 Å². The third-order valence-corrected chi connectivity index (χ3v) is 3.49. The molecule has 3 aromatic rings. The SMILES string of the molecule is COc1cccc(C(=O)Nc2nccn(-c3cccc(F)c3)c2=O)c1. The molecule has 0 radical (unpaired) electrons. The van der Waals surface area contributed by atoms with Crippen molar-refractivity contribution in [3.05, 3.63) is 82.7 Å². The van der Waals surface area contributed by atoms with Crippen LogP contribution in [0.4, 0.5) is 10.2 Å². The molecule has 0 saturated heterocycles. The lowest BCUT2D eigenvalue weighted by molar-refractivity contribution is 0.102. The van der Waals surface area contributed by atoms with E-state index in [4.69, 9.17) is 4.74 Å². The van der Waals surface area contributed by atoms with Crippen LogP contribution in [-0.2, 0) is 0 Å². The highest BCUT2D eigenvalue weighted by Crippen LogP contribution is 2.13. The van der Waals surface area contributed by atoms with E-state index in [1.165, 1.54) is 42.3 Å². The molecule has 1 aromatic heterocycles. The number of ether oxygens (including phenoxy) is 1. The van der Waals surface area contributed by atoms with Gasteiger partial charge in [-0.1, -0.05) is 12.1 Å². The number of halogens is 1. The fourth-order valence-electron chi connectivity index (χ4n) is 2.27. The molecule has 126 valence electrons. The van der Waals surface area contributed by atoms with Crippen molar-refractivity contribution in [2.45, 2.75) is 0 Å². The normalized spacial score (nSPS) is 10.3. The topological polar surface area (TPSA) is 73.2 Å². The number of nitrogens with one attached hydrogen (secondary N) is 1. The van der Waals surface area contributed by atoms with Gasteiger partial charge in [0.15, 0.2) is 5.82 Å². The molecule has 25 heavy (non-hydrogen) atoms. The van der Waals surface area contributed by atoms with E-state index in [0.717, 1.165) is 0 Å². The number of methoxy groups -OCH3 is 1. The molecule has 0 aliphatic heterocycles. The summed E-state index contributed by atoms with van der Waals surface area (Å²) in [6.45, 7) is 0. The Morgan fingerprint density at radius 2 is 2.00 bits per heavy atom. The van der Waals surface area contributed by atoms with Crippen LogP contribution in [0.1, 0.15) is 10.4 Å². The molecule has 1 N–H and O–H groups in total. The number of nitrogens with zero attached hydrogens (tertiary/aromatic N) is 2. The first kappa shape index (κ1) is 16.4. The van der Waals surface area contributed by atoms with Gasteiger partial charge in [0, 0.05) is 18.0 Å². The van der Waals surface area contributed by atoms with Crippen molar-refractivity contribution in [3.63, 3.8) is 0 Å². The van der Waals surface area contributed by atoms with Crippen molar-refractivity contribution in [2.75, 3.05) is 12.4 Å². The lowest BCUT2D eigenvalue weighted by Gasteiger charge is -2.09. The Bertz CT molecular complexity index is 985. The lowest BCUT2D eigenvalue weighted by Crippen LogP contribution is -2.26. The van der Waals surface area contributed by atoms with Gasteiger partial charge in [-0.25, -0.2) is 9.37 Å². The second-order valence-corrected chi connectivity index (χ2v) is 5.12. The van der Waals surface area contributed by atoms with Gasteiger partial charge in [0.05, 0.1) is 12.8 Å². The largest absolute Gasteiger partial charge is 0.497 e. The maximum atomic E-state index is 13.4. The fourth-order valence-corrected chi connectivity index (χ4v) is 2.27. The molecule has 0 fully saturated rings. The number of aromatic nitrogens is 2. The van der Waals surface area contributed by atoms with Crippen LogP contribution in [0.15, 0.2) is 65.7 Å². The summed E-state index contributed by atoms with van der Waals surface area (Å²) in [6, 6.07) is 12.1. The van der Waals surface area contributed by atoms with Crippen molar-refractivity contribution in [1.82, 2.24) is 9.55 Å². The van der Waals surface area contributed by atoms with Crippen LogP contribution in [0.25, 0.3) is 5.69 Å². The number of hydrogen-bond acceptors (Lipinski definition) is 4. The Labute approximate surface area is 142 Å². The molecule has 0 atom stereocenters. The monoisotopic (exact) mass is 339 g/mol. The van der Waals surface area contributed by atoms with Crippen molar-refractivity contribution in [2.24, 2.45) is 0 Å². The minimum absolute atomic E-state index is 0.153. The second kappa shape index (κ2) is 6.96. The predicted molar refractivity (Wildman–Crippen MR) is 90.7 cm³/mol. The first-order chi connectivity index (χ1) is 12.1. The van der Waals surface area contributed by atoms with E-state index in [1.807, 2.05) is 0 Å². The summed E-state index contributed by atoms with van der Waals surface area (Å²) in [4.78, 5) is 28.7. The van der Waals surface area contributed by atoms with Gasteiger partial charge in [-0.2, -0.15) is 0 Å². The molecular weight excluding hydrogens is 325 g/mol. The molecule has 0 unspecified atom stereocenters. The average Bonchev–Trinajstić information content (AvgIpc) is 2.63. The summed E-state index contributed by atoms with van der Waals surface area (Å²) in [7, 11) is 1.49. The van der Waals surface area contributed by atoms with Crippen LogP contribution in [0.3, 0.4) is 0 Å². The Kier molecular flexibility index (Phi) is 4.56. The number of benzene rings is 2. The summed E-state index contributed by atoms with van der Waals surface area (Å²) in [6.07, 6.45) is 2.76. The quantitative estimate of drug-likeness (QED) is 0.793. The van der Waals surface area contributed by atoms with E-state index in [9.17, 15) is 14.0 Å². The summed E-state index contributed by atoms with van der Waals surface area (Å²) >= 11 is 0. The van der Waals surface area contributed by atoms with E-state index in [-0.39, 0.29) is 5.82 Å². The molecule has 1 heterocycles. The molecule has 6 nitrogen and oxygen atoms in total. The zero-order valence-electron chi connectivity index (χ0n) is 13.3. The Morgan fingerprint density at radius 3 is 2.76 bits per heavy atom.